The summed E-state index contributed by atoms with van der Waals surface area (Å²) in [4.78, 5) is 24.1. The third kappa shape index (κ3) is 4.30. The molecule has 94 valence electrons. The van der Waals surface area contributed by atoms with Crippen molar-refractivity contribution in [1.82, 2.24) is 4.90 Å². The number of carboxylic acid groups (broad SMARTS) is 1. The Labute approximate surface area is 100 Å². The third-order valence-corrected chi connectivity index (χ3v) is 2.43. The molecule has 1 rings (SSSR count). The van der Waals surface area contributed by atoms with E-state index in [1.54, 1.807) is 11.0 Å². The second kappa shape index (κ2) is 6.73. The average Bonchev–Trinajstić information content (AvgIpc) is 2.81. The summed E-state index contributed by atoms with van der Waals surface area (Å²) in [6, 6.07) is 1.59. The van der Waals surface area contributed by atoms with E-state index in [1.165, 1.54) is 12.5 Å². The van der Waals surface area contributed by atoms with Crippen LogP contribution in [0.3, 0.4) is 0 Å². The molecule has 1 heterocycles. The molecule has 1 aromatic heterocycles. The SMILES string of the molecule is CCCCN(CCC(=O)O)C(=O)c1ccoc1. The van der Waals surface area contributed by atoms with Gasteiger partial charge in [0.25, 0.3) is 5.91 Å². The summed E-state index contributed by atoms with van der Waals surface area (Å²) in [5.74, 6) is -1.07. The number of furan rings is 1. The minimum absolute atomic E-state index is 0.0344. The maximum atomic E-state index is 12.0. The molecule has 0 radical (unpaired) electrons. The molecule has 5 heteroatoms. The summed E-state index contributed by atoms with van der Waals surface area (Å²) < 4.78 is 4.85. The van der Waals surface area contributed by atoms with Crippen molar-refractivity contribution in [2.75, 3.05) is 13.1 Å². The molecular weight excluding hydrogens is 222 g/mol. The van der Waals surface area contributed by atoms with Crippen LogP contribution < -0.4 is 0 Å². The lowest BCUT2D eigenvalue weighted by Gasteiger charge is -2.20. The van der Waals surface area contributed by atoms with Crippen molar-refractivity contribution in [3.63, 3.8) is 0 Å². The molecular formula is C12H17NO4. The van der Waals surface area contributed by atoms with Crippen LogP contribution in [0.25, 0.3) is 0 Å². The summed E-state index contributed by atoms with van der Waals surface area (Å²) in [6.45, 7) is 2.84. The second-order valence-corrected chi connectivity index (χ2v) is 3.80. The predicted octanol–water partition coefficient (Wildman–Crippen LogP) is 2.00. The molecule has 0 atom stereocenters. The number of unbranched alkanes of at least 4 members (excludes halogenated alkanes) is 1. The highest BCUT2D eigenvalue weighted by atomic mass is 16.4. The predicted molar refractivity (Wildman–Crippen MR) is 61.8 cm³/mol. The number of rotatable bonds is 7. The molecule has 0 saturated carbocycles. The number of hydrogen-bond acceptors (Lipinski definition) is 3. The molecule has 0 aliphatic rings. The average molecular weight is 239 g/mol. The van der Waals surface area contributed by atoms with Crippen LogP contribution in [0, 0.1) is 0 Å². The highest BCUT2D eigenvalue weighted by Gasteiger charge is 2.16. The van der Waals surface area contributed by atoms with Gasteiger partial charge in [0.2, 0.25) is 0 Å². The van der Waals surface area contributed by atoms with E-state index in [1.807, 2.05) is 6.92 Å². The Morgan fingerprint density at radius 1 is 1.41 bits per heavy atom. The first-order chi connectivity index (χ1) is 8.15. The first kappa shape index (κ1) is 13.3. The lowest BCUT2D eigenvalue weighted by Crippen LogP contribution is -2.33. The van der Waals surface area contributed by atoms with E-state index in [4.69, 9.17) is 9.52 Å². The molecule has 0 bridgehead atoms. The van der Waals surface area contributed by atoms with Crippen molar-refractivity contribution in [2.24, 2.45) is 0 Å². The van der Waals surface area contributed by atoms with Gasteiger partial charge >= 0.3 is 5.97 Å². The Morgan fingerprint density at radius 2 is 2.18 bits per heavy atom. The molecule has 0 aliphatic heterocycles. The second-order valence-electron chi connectivity index (χ2n) is 3.80. The van der Waals surface area contributed by atoms with Crippen LogP contribution in [0.4, 0.5) is 0 Å². The van der Waals surface area contributed by atoms with Gasteiger partial charge in [-0.2, -0.15) is 0 Å². The highest BCUT2D eigenvalue weighted by molar-refractivity contribution is 5.94. The van der Waals surface area contributed by atoms with Crippen molar-refractivity contribution in [1.29, 1.82) is 0 Å². The first-order valence-electron chi connectivity index (χ1n) is 5.68. The maximum Gasteiger partial charge on any atom is 0.305 e. The van der Waals surface area contributed by atoms with Gasteiger partial charge in [-0.25, -0.2) is 0 Å². The number of amides is 1. The Bertz CT molecular complexity index is 359. The molecule has 17 heavy (non-hydrogen) atoms. The zero-order valence-electron chi connectivity index (χ0n) is 9.89. The molecule has 0 spiro atoms. The van der Waals surface area contributed by atoms with E-state index >= 15 is 0 Å². The van der Waals surface area contributed by atoms with Gasteiger partial charge in [0.1, 0.15) is 6.26 Å². The van der Waals surface area contributed by atoms with Crippen molar-refractivity contribution in [3.8, 4) is 0 Å². The Hall–Kier alpha value is -1.78. The van der Waals surface area contributed by atoms with Crippen LogP contribution in [0.1, 0.15) is 36.5 Å². The monoisotopic (exact) mass is 239 g/mol. The van der Waals surface area contributed by atoms with Gasteiger partial charge in [-0.05, 0) is 12.5 Å². The topological polar surface area (TPSA) is 70.8 Å². The molecule has 1 aromatic rings. The number of carbonyl (C=O) groups excluding carboxylic acids is 1. The number of nitrogens with zero attached hydrogens (tertiary/aromatic N) is 1. The van der Waals surface area contributed by atoms with Crippen LogP contribution in [0.5, 0.6) is 0 Å². The number of carbonyl (C=O) groups is 2. The lowest BCUT2D eigenvalue weighted by molar-refractivity contribution is -0.137. The minimum Gasteiger partial charge on any atom is -0.481 e. The van der Waals surface area contributed by atoms with Gasteiger partial charge in [-0.15, -0.1) is 0 Å². The van der Waals surface area contributed by atoms with E-state index in [-0.39, 0.29) is 18.9 Å². The molecule has 0 aromatic carbocycles. The van der Waals surface area contributed by atoms with Crippen molar-refractivity contribution < 1.29 is 19.1 Å². The fourth-order valence-electron chi connectivity index (χ4n) is 1.46. The quantitative estimate of drug-likeness (QED) is 0.790. The van der Waals surface area contributed by atoms with E-state index < -0.39 is 5.97 Å². The van der Waals surface area contributed by atoms with Crippen LogP contribution in [-0.2, 0) is 4.79 Å². The number of aliphatic carboxylic acids is 1. The highest BCUT2D eigenvalue weighted by Crippen LogP contribution is 2.07. The summed E-state index contributed by atoms with van der Waals surface area (Å²) >= 11 is 0. The largest absolute Gasteiger partial charge is 0.481 e. The fraction of sp³-hybridized carbons (Fsp3) is 0.500. The molecule has 0 aliphatic carbocycles. The van der Waals surface area contributed by atoms with Crippen LogP contribution >= 0.6 is 0 Å². The molecule has 1 amide bonds. The van der Waals surface area contributed by atoms with Crippen molar-refractivity contribution >= 4 is 11.9 Å². The van der Waals surface area contributed by atoms with Crippen LogP contribution in [-0.4, -0.2) is 35.0 Å². The smallest absolute Gasteiger partial charge is 0.305 e. The van der Waals surface area contributed by atoms with Gasteiger partial charge in [0.15, 0.2) is 0 Å². The van der Waals surface area contributed by atoms with E-state index in [9.17, 15) is 9.59 Å². The van der Waals surface area contributed by atoms with Gasteiger partial charge in [-0.3, -0.25) is 9.59 Å². The summed E-state index contributed by atoms with van der Waals surface area (Å²) in [7, 11) is 0. The maximum absolute atomic E-state index is 12.0. The van der Waals surface area contributed by atoms with Crippen molar-refractivity contribution in [2.45, 2.75) is 26.2 Å². The van der Waals surface area contributed by atoms with Crippen LogP contribution in [0.15, 0.2) is 23.0 Å². The molecule has 0 saturated heterocycles. The van der Waals surface area contributed by atoms with Gasteiger partial charge in [-0.1, -0.05) is 13.3 Å². The Morgan fingerprint density at radius 3 is 2.71 bits per heavy atom. The Kier molecular flexibility index (Phi) is 5.26. The van der Waals surface area contributed by atoms with Gasteiger partial charge in [0, 0.05) is 13.1 Å². The molecule has 5 nitrogen and oxygen atoms in total. The normalized spacial score (nSPS) is 10.2. The minimum atomic E-state index is -0.897. The first-order valence-corrected chi connectivity index (χ1v) is 5.68. The van der Waals surface area contributed by atoms with Crippen molar-refractivity contribution in [3.05, 3.63) is 24.2 Å². The lowest BCUT2D eigenvalue weighted by atomic mass is 10.2. The summed E-state index contributed by atoms with van der Waals surface area (Å²) in [5, 5.41) is 8.64. The summed E-state index contributed by atoms with van der Waals surface area (Å²) in [5.41, 5.74) is 0.464. The summed E-state index contributed by atoms with van der Waals surface area (Å²) in [6.07, 6.45) is 4.60. The van der Waals surface area contributed by atoms with Crippen LogP contribution in [0.2, 0.25) is 0 Å². The van der Waals surface area contributed by atoms with Gasteiger partial charge in [0.05, 0.1) is 18.2 Å². The van der Waals surface area contributed by atoms with E-state index in [2.05, 4.69) is 0 Å². The molecule has 1 N–H and O–H groups in total. The standard InChI is InChI=1S/C12H17NO4/c1-2-3-6-13(7-4-11(14)15)12(16)10-5-8-17-9-10/h5,8-9H,2-4,6-7H2,1H3,(H,14,15). The van der Waals surface area contributed by atoms with E-state index in [0.717, 1.165) is 12.8 Å². The molecule has 0 unspecified atom stereocenters. The number of hydrogen-bond donors (Lipinski definition) is 1. The fourth-order valence-corrected chi connectivity index (χ4v) is 1.46. The third-order valence-electron chi connectivity index (χ3n) is 2.43. The van der Waals surface area contributed by atoms with E-state index in [0.29, 0.717) is 12.1 Å². The zero-order valence-corrected chi connectivity index (χ0v) is 9.89. The zero-order chi connectivity index (χ0) is 12.7. The Balaban J connectivity index is 2.61. The van der Waals surface area contributed by atoms with Gasteiger partial charge < -0.3 is 14.4 Å². The molecule has 0 fully saturated rings. The number of carboxylic acids is 1.